The summed E-state index contributed by atoms with van der Waals surface area (Å²) in [7, 11) is 0. The molecule has 0 spiro atoms. The minimum absolute atomic E-state index is 0.0356. The first-order valence-electron chi connectivity index (χ1n) is 11.3. The highest BCUT2D eigenvalue weighted by atomic mass is 127. The SMILES string of the molecule is O=C(O)CCCCNC(=O)c1cc(I)cc(NC(=O)OCC2c3ccccc3-c3ccccc32)c1. The first kappa shape index (κ1) is 24.7. The molecule has 3 N–H and O–H groups in total. The van der Waals surface area contributed by atoms with Crippen molar-refractivity contribution in [3.63, 3.8) is 0 Å². The van der Waals surface area contributed by atoms with E-state index in [1.165, 1.54) is 0 Å². The molecule has 4 rings (SSSR count). The Labute approximate surface area is 217 Å². The molecule has 0 aliphatic heterocycles. The Balaban J connectivity index is 1.35. The fourth-order valence-electron chi connectivity index (χ4n) is 4.25. The van der Waals surface area contributed by atoms with Gasteiger partial charge in [-0.25, -0.2) is 4.79 Å². The van der Waals surface area contributed by atoms with Crippen LogP contribution in [0, 0.1) is 3.57 Å². The number of rotatable bonds is 9. The van der Waals surface area contributed by atoms with Crippen LogP contribution in [0.1, 0.15) is 46.7 Å². The molecule has 0 saturated carbocycles. The second-order valence-electron chi connectivity index (χ2n) is 8.29. The monoisotopic (exact) mass is 584 g/mol. The summed E-state index contributed by atoms with van der Waals surface area (Å²) in [5, 5.41) is 14.2. The van der Waals surface area contributed by atoms with Gasteiger partial charge in [0.1, 0.15) is 6.61 Å². The zero-order chi connectivity index (χ0) is 24.8. The number of hydrogen-bond donors (Lipinski definition) is 3. The van der Waals surface area contributed by atoms with Crippen LogP contribution in [0.4, 0.5) is 10.5 Å². The summed E-state index contributed by atoms with van der Waals surface area (Å²) in [5.74, 6) is -1.17. The molecule has 2 amide bonds. The molecule has 1 aliphatic rings. The Morgan fingerprint density at radius 3 is 2.23 bits per heavy atom. The molecule has 0 aromatic heterocycles. The van der Waals surface area contributed by atoms with E-state index in [-0.39, 0.29) is 24.9 Å². The number of ether oxygens (including phenoxy) is 1. The van der Waals surface area contributed by atoms with E-state index in [2.05, 4.69) is 57.5 Å². The third kappa shape index (κ3) is 6.19. The molecule has 7 nitrogen and oxygen atoms in total. The normalized spacial score (nSPS) is 11.9. The number of carbonyl (C=O) groups is 3. The van der Waals surface area contributed by atoms with E-state index in [1.54, 1.807) is 18.2 Å². The first-order valence-corrected chi connectivity index (χ1v) is 12.4. The van der Waals surface area contributed by atoms with Crippen molar-refractivity contribution in [2.45, 2.75) is 25.2 Å². The number of aliphatic carboxylic acids is 1. The van der Waals surface area contributed by atoms with Gasteiger partial charge in [0.05, 0.1) is 0 Å². The highest BCUT2D eigenvalue weighted by Gasteiger charge is 2.29. The maximum absolute atomic E-state index is 12.6. The van der Waals surface area contributed by atoms with Gasteiger partial charge in [0.15, 0.2) is 0 Å². The van der Waals surface area contributed by atoms with Gasteiger partial charge in [0, 0.05) is 33.7 Å². The maximum Gasteiger partial charge on any atom is 0.411 e. The van der Waals surface area contributed by atoms with Crippen molar-refractivity contribution in [2.24, 2.45) is 0 Å². The number of fused-ring (bicyclic) bond motifs is 3. The van der Waals surface area contributed by atoms with E-state index in [1.807, 2.05) is 24.3 Å². The fourth-order valence-corrected chi connectivity index (χ4v) is 4.92. The second kappa shape index (κ2) is 11.4. The molecule has 0 heterocycles. The third-order valence-electron chi connectivity index (χ3n) is 5.85. The van der Waals surface area contributed by atoms with Crippen molar-refractivity contribution in [1.29, 1.82) is 0 Å². The zero-order valence-corrected chi connectivity index (χ0v) is 21.1. The minimum atomic E-state index is -0.849. The summed E-state index contributed by atoms with van der Waals surface area (Å²) in [6.07, 6.45) is 0.560. The van der Waals surface area contributed by atoms with Gasteiger partial charge >= 0.3 is 12.1 Å². The highest BCUT2D eigenvalue weighted by Crippen LogP contribution is 2.44. The Kier molecular flexibility index (Phi) is 8.02. The Hall–Kier alpha value is -3.40. The average molecular weight is 584 g/mol. The van der Waals surface area contributed by atoms with Crippen LogP contribution in [0.2, 0.25) is 0 Å². The lowest BCUT2D eigenvalue weighted by molar-refractivity contribution is -0.137. The number of hydrogen-bond acceptors (Lipinski definition) is 4. The van der Waals surface area contributed by atoms with Crippen LogP contribution in [0.5, 0.6) is 0 Å². The van der Waals surface area contributed by atoms with E-state index in [9.17, 15) is 14.4 Å². The molecule has 0 radical (unpaired) electrons. The summed E-state index contributed by atoms with van der Waals surface area (Å²) >= 11 is 2.08. The van der Waals surface area contributed by atoms with Crippen LogP contribution in [0.15, 0.2) is 66.7 Å². The number of amides is 2. The molecule has 3 aromatic rings. The van der Waals surface area contributed by atoms with Crippen molar-refractivity contribution in [2.75, 3.05) is 18.5 Å². The lowest BCUT2D eigenvalue weighted by Crippen LogP contribution is -2.25. The van der Waals surface area contributed by atoms with Gasteiger partial charge in [-0.05, 0) is 75.9 Å². The summed E-state index contributed by atoms with van der Waals surface area (Å²) in [4.78, 5) is 35.7. The van der Waals surface area contributed by atoms with Crippen molar-refractivity contribution < 1.29 is 24.2 Å². The average Bonchev–Trinajstić information content (AvgIpc) is 3.15. The molecule has 0 fully saturated rings. The van der Waals surface area contributed by atoms with Gasteiger partial charge in [-0.15, -0.1) is 0 Å². The standard InChI is InChI=1S/C27H25IN2O5/c28-18-13-17(26(33)29-12-6-5-11-25(31)32)14-19(15-18)30-27(34)35-16-24-22-9-3-1-7-20(22)21-8-2-4-10-23(21)24/h1-4,7-10,13-15,24H,5-6,11-12,16H2,(H,29,33)(H,30,34)(H,31,32). The van der Waals surface area contributed by atoms with Gasteiger partial charge in [0.2, 0.25) is 0 Å². The van der Waals surface area contributed by atoms with Crippen LogP contribution in [-0.4, -0.2) is 36.2 Å². The Morgan fingerprint density at radius 1 is 0.914 bits per heavy atom. The number of benzene rings is 3. The van der Waals surface area contributed by atoms with Crippen LogP contribution >= 0.6 is 22.6 Å². The van der Waals surface area contributed by atoms with Crippen molar-refractivity contribution in [1.82, 2.24) is 5.32 Å². The van der Waals surface area contributed by atoms with Gasteiger partial charge in [-0.1, -0.05) is 48.5 Å². The second-order valence-corrected chi connectivity index (χ2v) is 9.53. The predicted molar refractivity (Wildman–Crippen MR) is 142 cm³/mol. The first-order chi connectivity index (χ1) is 16.9. The molecular weight excluding hydrogens is 559 g/mol. The van der Waals surface area contributed by atoms with Crippen LogP contribution in [-0.2, 0) is 9.53 Å². The molecule has 0 atom stereocenters. The Bertz CT molecular complexity index is 1210. The molecule has 180 valence electrons. The number of anilines is 1. The molecule has 8 heteroatoms. The predicted octanol–water partition coefficient (Wildman–Crippen LogP) is 5.64. The van der Waals surface area contributed by atoms with Gasteiger partial charge in [-0.3, -0.25) is 14.9 Å². The quantitative estimate of drug-likeness (QED) is 0.223. The third-order valence-corrected chi connectivity index (χ3v) is 6.48. The maximum atomic E-state index is 12.6. The smallest absolute Gasteiger partial charge is 0.411 e. The number of carboxylic acids is 1. The molecule has 0 unspecified atom stereocenters. The van der Waals surface area contributed by atoms with E-state index < -0.39 is 12.1 Å². The Morgan fingerprint density at radius 2 is 1.57 bits per heavy atom. The number of nitrogens with one attached hydrogen (secondary N) is 2. The van der Waals surface area contributed by atoms with Crippen LogP contribution < -0.4 is 10.6 Å². The summed E-state index contributed by atoms with van der Waals surface area (Å²) < 4.78 is 6.38. The van der Waals surface area contributed by atoms with Gasteiger partial charge in [0.25, 0.3) is 5.91 Å². The lowest BCUT2D eigenvalue weighted by Gasteiger charge is -2.15. The number of halogens is 1. The summed E-state index contributed by atoms with van der Waals surface area (Å²) in [6.45, 7) is 0.584. The van der Waals surface area contributed by atoms with Gasteiger partial charge < -0.3 is 15.2 Å². The lowest BCUT2D eigenvalue weighted by atomic mass is 9.98. The molecule has 1 aliphatic carbocycles. The van der Waals surface area contributed by atoms with E-state index >= 15 is 0 Å². The molecule has 35 heavy (non-hydrogen) atoms. The number of unbranched alkanes of at least 4 members (excludes halogenated alkanes) is 1. The zero-order valence-electron chi connectivity index (χ0n) is 18.9. The topological polar surface area (TPSA) is 105 Å². The molecule has 3 aromatic carbocycles. The summed E-state index contributed by atoms with van der Waals surface area (Å²) in [5.41, 5.74) is 5.46. The van der Waals surface area contributed by atoms with E-state index in [0.717, 1.165) is 25.8 Å². The molecular formula is C27H25IN2O5. The molecule has 0 saturated heterocycles. The van der Waals surface area contributed by atoms with Crippen molar-refractivity contribution in [3.05, 3.63) is 87.0 Å². The largest absolute Gasteiger partial charge is 0.481 e. The fraction of sp³-hybridized carbons (Fsp3) is 0.222. The molecule has 0 bridgehead atoms. The number of carboxylic acid groups (broad SMARTS) is 1. The highest BCUT2D eigenvalue weighted by molar-refractivity contribution is 14.1. The van der Waals surface area contributed by atoms with Gasteiger partial charge in [-0.2, -0.15) is 0 Å². The summed E-state index contributed by atoms with van der Waals surface area (Å²) in [6, 6.07) is 21.3. The van der Waals surface area contributed by atoms with E-state index in [4.69, 9.17) is 9.84 Å². The van der Waals surface area contributed by atoms with Crippen LogP contribution in [0.25, 0.3) is 11.1 Å². The number of carbonyl (C=O) groups excluding carboxylic acids is 2. The van der Waals surface area contributed by atoms with E-state index in [0.29, 0.717) is 30.6 Å². The minimum Gasteiger partial charge on any atom is -0.481 e. The van der Waals surface area contributed by atoms with Crippen LogP contribution in [0.3, 0.4) is 0 Å². The van der Waals surface area contributed by atoms with Crippen molar-refractivity contribution >= 4 is 46.2 Å². The van der Waals surface area contributed by atoms with Crippen molar-refractivity contribution in [3.8, 4) is 11.1 Å².